The zero-order chi connectivity index (χ0) is 29.6. The molecule has 0 N–H and O–H groups in total. The van der Waals surface area contributed by atoms with Crippen molar-refractivity contribution in [2.75, 3.05) is 31.1 Å². The molecule has 2 aromatic carbocycles. The number of rotatable bonds is 11. The number of hydrogen-bond acceptors (Lipinski definition) is 6. The molecule has 1 aliphatic heterocycles. The van der Waals surface area contributed by atoms with Crippen LogP contribution in [0.15, 0.2) is 82.6 Å². The van der Waals surface area contributed by atoms with Crippen molar-refractivity contribution in [3.8, 4) is 0 Å². The van der Waals surface area contributed by atoms with Gasteiger partial charge in [-0.3, -0.25) is 9.69 Å². The van der Waals surface area contributed by atoms with Crippen molar-refractivity contribution in [1.29, 1.82) is 0 Å². The molecule has 1 aliphatic rings. The Balaban J connectivity index is 1.49. The van der Waals surface area contributed by atoms with E-state index in [-0.39, 0.29) is 5.97 Å². The van der Waals surface area contributed by atoms with E-state index in [4.69, 9.17) is 9.15 Å². The Morgan fingerprint density at radius 1 is 1.12 bits per heavy atom. The number of oxazole rings is 1. The molecule has 0 amide bonds. The number of para-hydroxylation sites is 1. The van der Waals surface area contributed by atoms with Gasteiger partial charge in [0.1, 0.15) is 0 Å². The van der Waals surface area contributed by atoms with Crippen molar-refractivity contribution in [3.63, 3.8) is 0 Å². The number of nitrogens with zero attached hydrogens (tertiary/aromatic N) is 3. The first-order valence-corrected chi connectivity index (χ1v) is 14.6. The quantitative estimate of drug-likeness (QED) is 0.188. The summed E-state index contributed by atoms with van der Waals surface area (Å²) in [6.45, 7) is 17.7. The number of anilines is 1. The van der Waals surface area contributed by atoms with Crippen LogP contribution in [0.4, 0.5) is 5.69 Å². The summed E-state index contributed by atoms with van der Waals surface area (Å²) in [4.78, 5) is 30.6. The number of benzene rings is 2. The van der Waals surface area contributed by atoms with Crippen LogP contribution >= 0.6 is 0 Å². The number of piperazine rings is 1. The summed E-state index contributed by atoms with van der Waals surface area (Å²) >= 11 is 0. The molecule has 7 heteroatoms. The van der Waals surface area contributed by atoms with E-state index in [1.807, 2.05) is 71.0 Å². The molecule has 0 aliphatic carbocycles. The van der Waals surface area contributed by atoms with Gasteiger partial charge in [-0.05, 0) is 62.1 Å². The van der Waals surface area contributed by atoms with Crippen LogP contribution in [0.2, 0.25) is 0 Å². The Labute approximate surface area is 243 Å². The van der Waals surface area contributed by atoms with Gasteiger partial charge in [-0.15, -0.1) is 0 Å². The van der Waals surface area contributed by atoms with Crippen LogP contribution in [0.1, 0.15) is 64.8 Å². The van der Waals surface area contributed by atoms with Crippen molar-refractivity contribution in [3.05, 3.63) is 95.0 Å². The number of allylic oxidation sites excluding steroid dienone is 5. The fourth-order valence-electron chi connectivity index (χ4n) is 5.12. The first-order chi connectivity index (χ1) is 19.7. The van der Waals surface area contributed by atoms with E-state index in [0.29, 0.717) is 23.9 Å². The maximum absolute atomic E-state index is 13.1. The highest BCUT2D eigenvalue weighted by Crippen LogP contribution is 2.31. The molecule has 1 unspecified atom stereocenters. The standard InChI is InChI=1S/C34H43N3O4/c1-7-13-26(14-8-2)27-16-11-15-25(23-27)24-35-19-21-36(22-20-35)28-17-12-18-29-31(28)41-33(39)37(29)30(9-3)40-32(38)34(5,6)10-4/h7-8,11-18,23,30H,1,9-10,19-22,24H2,2-6H3/b14-8-,26-13+. The summed E-state index contributed by atoms with van der Waals surface area (Å²) in [6.07, 6.45) is 8.38. The molecule has 2 heterocycles. The van der Waals surface area contributed by atoms with Crippen LogP contribution in [-0.2, 0) is 16.1 Å². The summed E-state index contributed by atoms with van der Waals surface area (Å²) in [5, 5.41) is 0. The molecule has 1 fully saturated rings. The average molecular weight is 558 g/mol. The van der Waals surface area contributed by atoms with Crippen LogP contribution in [-0.4, -0.2) is 41.6 Å². The van der Waals surface area contributed by atoms with Gasteiger partial charge in [0.05, 0.1) is 16.6 Å². The lowest BCUT2D eigenvalue weighted by Gasteiger charge is -2.36. The summed E-state index contributed by atoms with van der Waals surface area (Å²) < 4.78 is 13.1. The Bertz CT molecular complexity index is 1490. The first-order valence-electron chi connectivity index (χ1n) is 14.6. The summed E-state index contributed by atoms with van der Waals surface area (Å²) in [6, 6.07) is 14.5. The van der Waals surface area contributed by atoms with Crippen molar-refractivity contribution >= 4 is 28.3 Å². The Morgan fingerprint density at radius 3 is 2.51 bits per heavy atom. The maximum Gasteiger partial charge on any atom is 0.423 e. The molecule has 0 radical (unpaired) electrons. The summed E-state index contributed by atoms with van der Waals surface area (Å²) in [7, 11) is 0. The summed E-state index contributed by atoms with van der Waals surface area (Å²) in [5.74, 6) is -0.830. The van der Waals surface area contributed by atoms with Crippen LogP contribution in [0.25, 0.3) is 16.7 Å². The number of hydrogen-bond donors (Lipinski definition) is 0. The largest absolute Gasteiger partial charge is 0.441 e. The molecule has 1 atom stereocenters. The predicted molar refractivity (Wildman–Crippen MR) is 167 cm³/mol. The minimum Gasteiger partial charge on any atom is -0.441 e. The predicted octanol–water partition coefficient (Wildman–Crippen LogP) is 6.95. The molecular weight excluding hydrogens is 514 g/mol. The molecule has 0 spiro atoms. The van der Waals surface area contributed by atoms with Crippen molar-refractivity contribution in [2.24, 2.45) is 5.41 Å². The van der Waals surface area contributed by atoms with E-state index >= 15 is 0 Å². The number of carbonyl (C=O) groups excluding carboxylic acids is 1. The zero-order valence-electron chi connectivity index (χ0n) is 25.1. The second-order valence-electron chi connectivity index (χ2n) is 11.2. The SMILES string of the molecule is C=C/C=C(\C=C/C)c1cccc(CN2CCN(c3cccc4c3oc(=O)n4C(CC)OC(=O)C(C)(C)CC)CC2)c1. The molecule has 3 aromatic rings. The van der Waals surface area contributed by atoms with E-state index in [2.05, 4.69) is 46.7 Å². The normalized spacial score (nSPS) is 15.9. The van der Waals surface area contributed by atoms with Gasteiger partial charge in [0.15, 0.2) is 11.8 Å². The highest BCUT2D eigenvalue weighted by molar-refractivity contribution is 5.87. The lowest BCUT2D eigenvalue weighted by molar-refractivity contribution is -0.165. The minimum atomic E-state index is -0.723. The monoisotopic (exact) mass is 557 g/mol. The molecule has 0 bridgehead atoms. The topological polar surface area (TPSA) is 67.9 Å². The highest BCUT2D eigenvalue weighted by atomic mass is 16.6. The molecule has 0 saturated carbocycles. The molecular formula is C34H43N3O4. The molecule has 7 nitrogen and oxygen atoms in total. The van der Waals surface area contributed by atoms with Gasteiger partial charge in [-0.1, -0.05) is 69.0 Å². The van der Waals surface area contributed by atoms with E-state index in [1.165, 1.54) is 15.7 Å². The average Bonchev–Trinajstić information content (AvgIpc) is 3.32. The number of fused-ring (bicyclic) bond motifs is 1. The number of aromatic nitrogens is 1. The van der Waals surface area contributed by atoms with Gasteiger partial charge in [0.25, 0.3) is 0 Å². The molecule has 218 valence electrons. The Kier molecular flexibility index (Phi) is 9.71. The third-order valence-corrected chi connectivity index (χ3v) is 7.96. The number of esters is 1. The highest BCUT2D eigenvalue weighted by Gasteiger charge is 2.31. The Morgan fingerprint density at radius 2 is 1.85 bits per heavy atom. The van der Waals surface area contributed by atoms with Crippen molar-refractivity contribution < 1.29 is 13.9 Å². The molecule has 41 heavy (non-hydrogen) atoms. The fraction of sp³-hybridized carbons (Fsp3) is 0.412. The van der Waals surface area contributed by atoms with Crippen LogP contribution < -0.4 is 10.7 Å². The van der Waals surface area contributed by atoms with Crippen LogP contribution in [0, 0.1) is 5.41 Å². The van der Waals surface area contributed by atoms with Gasteiger partial charge in [0, 0.05) is 39.1 Å². The van der Waals surface area contributed by atoms with Gasteiger partial charge in [-0.25, -0.2) is 9.36 Å². The lowest BCUT2D eigenvalue weighted by atomic mass is 9.91. The maximum atomic E-state index is 13.1. The minimum absolute atomic E-state index is 0.319. The van der Waals surface area contributed by atoms with Crippen LogP contribution in [0.5, 0.6) is 0 Å². The van der Waals surface area contributed by atoms with Gasteiger partial charge < -0.3 is 14.1 Å². The Hall–Kier alpha value is -3.84. The van der Waals surface area contributed by atoms with Gasteiger partial charge >= 0.3 is 11.7 Å². The second-order valence-corrected chi connectivity index (χ2v) is 11.2. The van der Waals surface area contributed by atoms with E-state index in [1.54, 1.807) is 0 Å². The first kappa shape index (κ1) is 30.1. The third kappa shape index (κ3) is 6.73. The van der Waals surface area contributed by atoms with Gasteiger partial charge in [0.2, 0.25) is 0 Å². The lowest BCUT2D eigenvalue weighted by Crippen LogP contribution is -2.46. The molecule has 1 aromatic heterocycles. The molecule has 4 rings (SSSR count). The fourth-order valence-corrected chi connectivity index (χ4v) is 5.12. The molecule has 1 saturated heterocycles. The van der Waals surface area contributed by atoms with E-state index < -0.39 is 17.4 Å². The van der Waals surface area contributed by atoms with E-state index in [9.17, 15) is 9.59 Å². The van der Waals surface area contributed by atoms with Crippen molar-refractivity contribution in [1.82, 2.24) is 9.47 Å². The zero-order valence-corrected chi connectivity index (χ0v) is 25.1. The van der Waals surface area contributed by atoms with E-state index in [0.717, 1.165) is 44.0 Å². The number of carbonyl (C=O) groups is 1. The second kappa shape index (κ2) is 13.2. The number of ether oxygens (including phenoxy) is 1. The summed E-state index contributed by atoms with van der Waals surface area (Å²) in [5.41, 5.74) is 5.04. The van der Waals surface area contributed by atoms with Crippen LogP contribution in [0.3, 0.4) is 0 Å². The smallest absolute Gasteiger partial charge is 0.423 e. The van der Waals surface area contributed by atoms with Crippen molar-refractivity contribution in [2.45, 2.75) is 60.2 Å². The third-order valence-electron chi connectivity index (χ3n) is 7.96. The van der Waals surface area contributed by atoms with Gasteiger partial charge in [-0.2, -0.15) is 0 Å².